The Labute approximate surface area is 256 Å². The maximum Gasteiger partial charge on any atom is 2.00 e. The largest absolute Gasteiger partial charge is 2.00 e. The van der Waals surface area contributed by atoms with Crippen LogP contribution in [0.1, 0.15) is 0 Å². The number of nitrogens with zero attached hydrogens (tertiary/aromatic N) is 4. The molecule has 2 aromatic heterocycles. The van der Waals surface area contributed by atoms with Crippen LogP contribution in [-0.2, 0) is 34.1 Å². The van der Waals surface area contributed by atoms with E-state index in [-0.39, 0.29) is 34.1 Å². The van der Waals surface area contributed by atoms with E-state index in [0.29, 0.717) is 0 Å². The van der Waals surface area contributed by atoms with Crippen molar-refractivity contribution in [2.75, 3.05) is 0 Å². The normalized spacial score (nSPS) is 9.60. The third-order valence-corrected chi connectivity index (χ3v) is 5.84. The Balaban J connectivity index is 0.000000310. The molecule has 0 amide bonds. The van der Waals surface area contributed by atoms with Gasteiger partial charge in [-0.25, -0.2) is 34.2 Å². The average Bonchev–Trinajstić information content (AvgIpc) is 3.83. The summed E-state index contributed by atoms with van der Waals surface area (Å²) in [5, 5.41) is 0. The van der Waals surface area contributed by atoms with Crippen LogP contribution in [0, 0.1) is 0 Å². The summed E-state index contributed by atoms with van der Waals surface area (Å²) in [6, 6.07) is 48.5. The Morgan fingerprint density at radius 1 is 0.450 bits per heavy atom. The zero-order valence-corrected chi connectivity index (χ0v) is 23.7. The van der Waals surface area contributed by atoms with Crippen molar-refractivity contribution in [1.82, 2.24) is 19.9 Å². The molecule has 0 aliphatic rings. The molecule has 0 saturated heterocycles. The average molecular weight is 602 g/mol. The van der Waals surface area contributed by atoms with Gasteiger partial charge >= 0.3 is 34.1 Å². The molecular weight excluding hydrogens is 576 g/mol. The van der Waals surface area contributed by atoms with Gasteiger partial charge in [-0.2, -0.15) is 60.7 Å². The first-order valence-electron chi connectivity index (χ1n) is 12.4. The van der Waals surface area contributed by atoms with Crippen molar-refractivity contribution in [2.45, 2.75) is 0 Å². The molecular formula is C34H26Fe2N4. The summed E-state index contributed by atoms with van der Waals surface area (Å²) in [6.07, 6.45) is 3.23. The minimum atomic E-state index is 0. The second kappa shape index (κ2) is 16.0. The van der Waals surface area contributed by atoms with Crippen LogP contribution in [0.5, 0.6) is 0 Å². The first kappa shape index (κ1) is 30.4. The minimum Gasteiger partial charge on any atom is -0.256 e. The smallest absolute Gasteiger partial charge is 0.256 e. The van der Waals surface area contributed by atoms with Crippen LogP contribution in [0.4, 0.5) is 0 Å². The fourth-order valence-corrected chi connectivity index (χ4v) is 3.89. The molecule has 0 aliphatic carbocycles. The van der Waals surface area contributed by atoms with Crippen LogP contribution < -0.4 is 0 Å². The van der Waals surface area contributed by atoms with E-state index in [4.69, 9.17) is 0 Å². The summed E-state index contributed by atoms with van der Waals surface area (Å²) in [6.45, 7) is 0. The van der Waals surface area contributed by atoms with E-state index in [0.717, 1.165) is 45.0 Å². The topological polar surface area (TPSA) is 51.6 Å². The van der Waals surface area contributed by atoms with Gasteiger partial charge in [0.15, 0.2) is 0 Å². The van der Waals surface area contributed by atoms with Gasteiger partial charge in [-0.3, -0.25) is 9.97 Å². The third-order valence-electron chi connectivity index (χ3n) is 5.84. The van der Waals surface area contributed by atoms with Crippen LogP contribution in [0.3, 0.4) is 0 Å². The molecule has 7 rings (SSSR count). The summed E-state index contributed by atoms with van der Waals surface area (Å²) < 4.78 is 0. The Bertz CT molecular complexity index is 1430. The van der Waals surface area contributed by atoms with Crippen molar-refractivity contribution in [3.05, 3.63) is 158 Å². The maximum atomic E-state index is 4.43. The fraction of sp³-hybridized carbons (Fsp3) is 0. The van der Waals surface area contributed by atoms with E-state index in [2.05, 4.69) is 68.5 Å². The molecule has 0 atom stereocenters. The first-order chi connectivity index (χ1) is 18.9. The van der Waals surface area contributed by atoms with Gasteiger partial charge in [0.05, 0.1) is 0 Å². The number of hydrogen-bond acceptors (Lipinski definition) is 4. The quantitative estimate of drug-likeness (QED) is 0.151. The summed E-state index contributed by atoms with van der Waals surface area (Å²) in [4.78, 5) is 17.6. The van der Waals surface area contributed by atoms with Gasteiger partial charge in [0, 0.05) is 11.4 Å². The van der Waals surface area contributed by atoms with Gasteiger partial charge in [0.25, 0.3) is 0 Å². The van der Waals surface area contributed by atoms with Crippen LogP contribution in [0.2, 0.25) is 0 Å². The van der Waals surface area contributed by atoms with Crippen molar-refractivity contribution < 1.29 is 34.1 Å². The van der Waals surface area contributed by atoms with Crippen molar-refractivity contribution in [1.29, 1.82) is 0 Å². The van der Waals surface area contributed by atoms with Crippen LogP contribution in [-0.4, -0.2) is 19.9 Å². The molecule has 4 nitrogen and oxygen atoms in total. The third kappa shape index (κ3) is 8.41. The number of aromatic nitrogens is 4. The van der Waals surface area contributed by atoms with Gasteiger partial charge in [-0.1, -0.05) is 47.5 Å². The molecule has 0 unspecified atom stereocenters. The molecule has 198 valence electrons. The minimum absolute atomic E-state index is 0. The van der Waals surface area contributed by atoms with E-state index in [9.17, 15) is 0 Å². The van der Waals surface area contributed by atoms with E-state index in [1.54, 1.807) is 12.7 Å². The van der Waals surface area contributed by atoms with Crippen LogP contribution >= 0.6 is 0 Å². The predicted octanol–water partition coefficient (Wildman–Crippen LogP) is 8.18. The van der Waals surface area contributed by atoms with E-state index >= 15 is 0 Å². The molecule has 40 heavy (non-hydrogen) atoms. The van der Waals surface area contributed by atoms with Gasteiger partial charge in [0.1, 0.15) is 12.7 Å². The van der Waals surface area contributed by atoms with Gasteiger partial charge < -0.3 is 0 Å². The van der Waals surface area contributed by atoms with Crippen LogP contribution in [0.15, 0.2) is 158 Å². The van der Waals surface area contributed by atoms with Gasteiger partial charge in [0.2, 0.25) is 0 Å². The molecule has 0 aliphatic heterocycles. The van der Waals surface area contributed by atoms with Crippen molar-refractivity contribution in [3.63, 3.8) is 0 Å². The fourth-order valence-electron chi connectivity index (χ4n) is 3.89. The Kier molecular flexibility index (Phi) is 12.2. The monoisotopic (exact) mass is 602 g/mol. The number of hydrogen-bond donors (Lipinski definition) is 0. The summed E-state index contributed by atoms with van der Waals surface area (Å²) in [5.74, 6) is 0. The zero-order valence-electron chi connectivity index (χ0n) is 21.5. The molecule has 0 radical (unpaired) electrons. The molecule has 0 bridgehead atoms. The van der Waals surface area contributed by atoms with Crippen molar-refractivity contribution in [2.24, 2.45) is 0 Å². The van der Waals surface area contributed by atoms with Gasteiger partial charge in [-0.05, 0) is 22.5 Å². The zero-order chi connectivity index (χ0) is 25.8. The second-order valence-corrected chi connectivity index (χ2v) is 8.43. The van der Waals surface area contributed by atoms with E-state index < -0.39 is 0 Å². The standard InChI is InChI=1S/C24H16N4.2C5H5.2Fe/c1-2-6-17(5-1)21-13-23(27-15-25-21)19-9-11-20(12-10-19)24-14-22(26-16-28-24)18-7-3-4-8-18;2*1-2-4-5-3-1;;/h1-16H;2*1-5H;;/q-2;2*-1;2*+2. The molecule has 7 aromatic rings. The molecule has 6 heteroatoms. The number of rotatable bonds is 4. The summed E-state index contributed by atoms with van der Waals surface area (Å²) in [7, 11) is 0. The van der Waals surface area contributed by atoms with E-state index in [1.165, 1.54) is 0 Å². The first-order valence-corrected chi connectivity index (χ1v) is 12.4. The SMILES string of the molecule is [Fe+2].[Fe+2].c1cc[c-](-c2cc(-c3ccc(-c4cc(-[c-]5cccc5)ncn4)cc3)ncn2)c1.c1cc[cH-]c1.c1cc[cH-]c1. The molecule has 0 spiro atoms. The Morgan fingerprint density at radius 2 is 0.800 bits per heavy atom. The van der Waals surface area contributed by atoms with Crippen molar-refractivity contribution >= 4 is 0 Å². The van der Waals surface area contributed by atoms with Gasteiger partial charge in [-0.15, -0.1) is 24.3 Å². The predicted molar refractivity (Wildman–Crippen MR) is 155 cm³/mol. The molecule has 2 heterocycles. The Hall–Kier alpha value is -4.18. The number of benzene rings is 1. The molecule has 0 saturated carbocycles. The Morgan fingerprint density at radius 3 is 1.10 bits per heavy atom. The van der Waals surface area contributed by atoms with Crippen LogP contribution in [0.25, 0.3) is 45.0 Å². The van der Waals surface area contributed by atoms with E-state index in [1.807, 2.05) is 97.1 Å². The maximum absolute atomic E-state index is 4.43. The molecule has 5 aromatic carbocycles. The van der Waals surface area contributed by atoms with Crippen molar-refractivity contribution in [3.8, 4) is 45.0 Å². The second-order valence-electron chi connectivity index (χ2n) is 8.43. The molecule has 0 N–H and O–H groups in total. The summed E-state index contributed by atoms with van der Waals surface area (Å²) in [5.41, 5.74) is 7.94. The summed E-state index contributed by atoms with van der Waals surface area (Å²) >= 11 is 0. The molecule has 0 fully saturated rings.